The molecule has 0 bridgehead atoms. The predicted molar refractivity (Wildman–Crippen MR) is 79.0 cm³/mol. The van der Waals surface area contributed by atoms with Crippen molar-refractivity contribution in [3.05, 3.63) is 34.9 Å². The van der Waals surface area contributed by atoms with Gasteiger partial charge in [0.15, 0.2) is 5.16 Å². The third-order valence-corrected chi connectivity index (χ3v) is 3.36. The summed E-state index contributed by atoms with van der Waals surface area (Å²) in [6.45, 7) is 1.47. The minimum Gasteiger partial charge on any atom is -0.384 e. The Hall–Kier alpha value is -1.60. The molecule has 0 spiro atoms. The third kappa shape index (κ3) is 4.22. The summed E-state index contributed by atoms with van der Waals surface area (Å²) in [6, 6.07) is 9.06. The van der Waals surface area contributed by atoms with Crippen molar-refractivity contribution < 1.29 is 4.79 Å². The van der Waals surface area contributed by atoms with Crippen LogP contribution in [0.3, 0.4) is 0 Å². The standard InChI is InChI=1S/C12H11BrN4OS/c1-7(18)15-8-2-4-9(5-3-8)19-12-16-10(13)6-11(14)17-12/h2-6H,1H3,(H,15,18)(H2,14,16,17). The molecule has 0 unspecified atom stereocenters. The van der Waals surface area contributed by atoms with E-state index in [0.717, 1.165) is 10.6 Å². The number of hydrogen-bond donors (Lipinski definition) is 2. The molecule has 1 aromatic carbocycles. The molecule has 0 radical (unpaired) electrons. The van der Waals surface area contributed by atoms with E-state index in [1.165, 1.54) is 18.7 Å². The molecule has 2 aromatic rings. The maximum atomic E-state index is 10.9. The van der Waals surface area contributed by atoms with Gasteiger partial charge in [-0.05, 0) is 52.0 Å². The van der Waals surface area contributed by atoms with Gasteiger partial charge in [-0.2, -0.15) is 0 Å². The van der Waals surface area contributed by atoms with Crippen molar-refractivity contribution >= 4 is 45.1 Å². The van der Waals surface area contributed by atoms with Gasteiger partial charge in [0.1, 0.15) is 10.4 Å². The number of rotatable bonds is 3. The zero-order valence-electron chi connectivity index (χ0n) is 10.1. The molecular weight excluding hydrogens is 328 g/mol. The molecule has 1 aromatic heterocycles. The average Bonchev–Trinajstić information content (AvgIpc) is 2.29. The van der Waals surface area contributed by atoms with Crippen LogP contribution in [0.15, 0.2) is 45.0 Å². The zero-order valence-corrected chi connectivity index (χ0v) is 12.5. The van der Waals surface area contributed by atoms with Crippen LogP contribution in [0.1, 0.15) is 6.92 Å². The topological polar surface area (TPSA) is 80.9 Å². The van der Waals surface area contributed by atoms with E-state index in [4.69, 9.17) is 5.73 Å². The van der Waals surface area contributed by atoms with Gasteiger partial charge >= 0.3 is 0 Å². The molecule has 5 nitrogen and oxygen atoms in total. The summed E-state index contributed by atoms with van der Waals surface area (Å²) >= 11 is 4.67. The highest BCUT2D eigenvalue weighted by Crippen LogP contribution is 2.27. The predicted octanol–water partition coefficient (Wildman–Crippen LogP) is 2.93. The molecule has 3 N–H and O–H groups in total. The maximum absolute atomic E-state index is 10.9. The number of aromatic nitrogens is 2. The molecule has 0 aliphatic heterocycles. The molecule has 0 aliphatic rings. The molecular formula is C12H11BrN4OS. The van der Waals surface area contributed by atoms with E-state index in [-0.39, 0.29) is 5.91 Å². The second-order valence-corrected chi connectivity index (χ2v) is 5.56. The van der Waals surface area contributed by atoms with Crippen LogP contribution in [0.4, 0.5) is 11.5 Å². The lowest BCUT2D eigenvalue weighted by Crippen LogP contribution is -2.05. The average molecular weight is 339 g/mol. The van der Waals surface area contributed by atoms with Crippen LogP contribution in [0.5, 0.6) is 0 Å². The normalized spacial score (nSPS) is 10.2. The van der Waals surface area contributed by atoms with E-state index in [9.17, 15) is 4.79 Å². The van der Waals surface area contributed by atoms with Crippen LogP contribution in [0.2, 0.25) is 0 Å². The van der Waals surface area contributed by atoms with Crippen LogP contribution >= 0.6 is 27.7 Å². The summed E-state index contributed by atoms with van der Waals surface area (Å²) in [4.78, 5) is 20.2. The Balaban J connectivity index is 2.12. The molecule has 7 heteroatoms. The number of carbonyl (C=O) groups excluding carboxylic acids is 1. The van der Waals surface area contributed by atoms with Gasteiger partial charge in [-0.25, -0.2) is 9.97 Å². The molecule has 1 heterocycles. The van der Waals surface area contributed by atoms with E-state index in [1.54, 1.807) is 6.07 Å². The van der Waals surface area contributed by atoms with Crippen molar-refractivity contribution in [2.75, 3.05) is 11.1 Å². The number of hydrogen-bond acceptors (Lipinski definition) is 5. The van der Waals surface area contributed by atoms with Gasteiger partial charge in [0.05, 0.1) is 0 Å². The lowest BCUT2D eigenvalue weighted by atomic mass is 10.3. The van der Waals surface area contributed by atoms with E-state index >= 15 is 0 Å². The number of amides is 1. The maximum Gasteiger partial charge on any atom is 0.221 e. The second-order valence-electron chi connectivity index (χ2n) is 3.71. The highest BCUT2D eigenvalue weighted by Gasteiger charge is 2.04. The molecule has 0 saturated heterocycles. The fraction of sp³-hybridized carbons (Fsp3) is 0.0833. The SMILES string of the molecule is CC(=O)Nc1ccc(Sc2nc(N)cc(Br)n2)cc1. The van der Waals surface area contributed by atoms with Gasteiger partial charge in [0.2, 0.25) is 5.91 Å². The van der Waals surface area contributed by atoms with Crippen molar-refractivity contribution in [3.63, 3.8) is 0 Å². The number of nitrogen functional groups attached to an aromatic ring is 1. The Morgan fingerprint density at radius 2 is 2.00 bits per heavy atom. The summed E-state index contributed by atoms with van der Waals surface area (Å²) < 4.78 is 0.650. The smallest absolute Gasteiger partial charge is 0.221 e. The number of benzene rings is 1. The van der Waals surface area contributed by atoms with Crippen molar-refractivity contribution in [1.29, 1.82) is 0 Å². The first-order chi connectivity index (χ1) is 9.02. The zero-order chi connectivity index (χ0) is 13.8. The first-order valence-electron chi connectivity index (χ1n) is 5.38. The number of carbonyl (C=O) groups is 1. The minimum atomic E-state index is -0.0940. The highest BCUT2D eigenvalue weighted by molar-refractivity contribution is 9.10. The lowest BCUT2D eigenvalue weighted by molar-refractivity contribution is -0.114. The Labute approximate surface area is 123 Å². The quantitative estimate of drug-likeness (QED) is 0.664. The molecule has 0 aliphatic carbocycles. The van der Waals surface area contributed by atoms with Gasteiger partial charge in [0, 0.05) is 23.6 Å². The number of halogens is 1. The molecule has 1 amide bonds. The van der Waals surface area contributed by atoms with Gasteiger partial charge < -0.3 is 11.1 Å². The first-order valence-corrected chi connectivity index (χ1v) is 6.99. The fourth-order valence-corrected chi connectivity index (χ4v) is 2.67. The number of nitrogens with one attached hydrogen (secondary N) is 1. The van der Waals surface area contributed by atoms with Crippen molar-refractivity contribution in [2.45, 2.75) is 17.0 Å². The fourth-order valence-electron chi connectivity index (χ4n) is 1.37. The van der Waals surface area contributed by atoms with Crippen molar-refractivity contribution in [3.8, 4) is 0 Å². The van der Waals surface area contributed by atoms with Crippen LogP contribution in [-0.2, 0) is 4.79 Å². The molecule has 98 valence electrons. The summed E-state index contributed by atoms with van der Waals surface area (Å²) in [6.07, 6.45) is 0. The monoisotopic (exact) mass is 338 g/mol. The number of anilines is 2. The van der Waals surface area contributed by atoms with Crippen LogP contribution in [-0.4, -0.2) is 15.9 Å². The van der Waals surface area contributed by atoms with Gasteiger partial charge in [-0.1, -0.05) is 0 Å². The largest absolute Gasteiger partial charge is 0.384 e. The van der Waals surface area contributed by atoms with Crippen molar-refractivity contribution in [1.82, 2.24) is 9.97 Å². The lowest BCUT2D eigenvalue weighted by Gasteiger charge is -2.04. The number of nitrogens with zero attached hydrogens (tertiary/aromatic N) is 2. The highest BCUT2D eigenvalue weighted by atomic mass is 79.9. The Bertz CT molecular complexity index is 583. The van der Waals surface area contributed by atoms with Gasteiger partial charge in [-0.3, -0.25) is 4.79 Å². The van der Waals surface area contributed by atoms with Crippen LogP contribution in [0, 0.1) is 0 Å². The van der Waals surface area contributed by atoms with Gasteiger partial charge in [0.25, 0.3) is 0 Å². The van der Waals surface area contributed by atoms with E-state index in [0.29, 0.717) is 15.6 Å². The van der Waals surface area contributed by atoms with E-state index < -0.39 is 0 Å². The molecule has 2 rings (SSSR count). The molecule has 19 heavy (non-hydrogen) atoms. The Morgan fingerprint density at radius 1 is 1.32 bits per heavy atom. The van der Waals surface area contributed by atoms with Crippen molar-refractivity contribution in [2.24, 2.45) is 0 Å². The molecule has 0 atom stereocenters. The van der Waals surface area contributed by atoms with Crippen LogP contribution in [0.25, 0.3) is 0 Å². The minimum absolute atomic E-state index is 0.0940. The first kappa shape index (κ1) is 13.8. The van der Waals surface area contributed by atoms with E-state index in [2.05, 4.69) is 31.2 Å². The van der Waals surface area contributed by atoms with Crippen LogP contribution < -0.4 is 11.1 Å². The summed E-state index contributed by atoms with van der Waals surface area (Å²) in [5.41, 5.74) is 6.41. The van der Waals surface area contributed by atoms with E-state index in [1.807, 2.05) is 24.3 Å². The Morgan fingerprint density at radius 3 is 2.58 bits per heavy atom. The molecule has 0 saturated carbocycles. The second kappa shape index (κ2) is 6.03. The number of nitrogens with two attached hydrogens (primary N) is 1. The summed E-state index contributed by atoms with van der Waals surface area (Å²) in [5.74, 6) is 0.322. The van der Waals surface area contributed by atoms with Gasteiger partial charge in [-0.15, -0.1) is 0 Å². The third-order valence-electron chi connectivity index (χ3n) is 2.08. The summed E-state index contributed by atoms with van der Waals surface area (Å²) in [5, 5.41) is 3.28. The molecule has 0 fully saturated rings. The summed E-state index contributed by atoms with van der Waals surface area (Å²) in [7, 11) is 0. The Kier molecular flexibility index (Phi) is 4.39.